The van der Waals surface area contributed by atoms with Crippen molar-refractivity contribution in [2.75, 3.05) is 51.9 Å². The highest BCUT2D eigenvalue weighted by molar-refractivity contribution is 7.18. The predicted molar refractivity (Wildman–Crippen MR) is 175 cm³/mol. The van der Waals surface area contributed by atoms with Gasteiger partial charge in [0.1, 0.15) is 41.2 Å². The lowest BCUT2D eigenvalue weighted by molar-refractivity contribution is -0.133. The van der Waals surface area contributed by atoms with Crippen LogP contribution in [-0.4, -0.2) is 78.5 Å². The average Bonchev–Trinajstić information content (AvgIpc) is 3.68. The number of thiophene rings is 1. The van der Waals surface area contributed by atoms with Gasteiger partial charge in [0.25, 0.3) is 0 Å². The van der Waals surface area contributed by atoms with Crippen molar-refractivity contribution in [1.82, 2.24) is 25.0 Å². The summed E-state index contributed by atoms with van der Waals surface area (Å²) in [6.07, 6.45) is 2.96. The molecule has 0 bridgehead atoms. The number of pyridine rings is 1. The van der Waals surface area contributed by atoms with E-state index in [1.54, 1.807) is 11.9 Å². The van der Waals surface area contributed by atoms with E-state index in [0.717, 1.165) is 53.6 Å². The minimum atomic E-state index is -0.777. The monoisotopic (exact) mass is 662 g/mol. The summed E-state index contributed by atoms with van der Waals surface area (Å²) in [7, 11) is 3.20. The highest BCUT2D eigenvalue weighted by Crippen LogP contribution is 2.55. The summed E-state index contributed by atoms with van der Waals surface area (Å²) in [5, 5.41) is 10.5. The number of aromatic nitrogens is 3. The van der Waals surface area contributed by atoms with Gasteiger partial charge in [-0.3, -0.25) is 14.3 Å². The second-order valence-electron chi connectivity index (χ2n) is 12.6. The summed E-state index contributed by atoms with van der Waals surface area (Å²) in [5.41, 5.74) is 2.39. The third-order valence-electron chi connectivity index (χ3n) is 9.69. The maximum absolute atomic E-state index is 16.0. The summed E-state index contributed by atoms with van der Waals surface area (Å²) in [6, 6.07) is 5.63. The topological polar surface area (TPSA) is 102 Å². The number of nitrogens with zero attached hydrogens (tertiary/aromatic N) is 5. The molecule has 10 nitrogen and oxygen atoms in total. The molecule has 2 amide bonds. The second kappa shape index (κ2) is 12.0. The average molecular weight is 663 g/mol. The van der Waals surface area contributed by atoms with Crippen molar-refractivity contribution in [3.63, 3.8) is 0 Å². The van der Waals surface area contributed by atoms with E-state index in [2.05, 4.69) is 16.8 Å². The van der Waals surface area contributed by atoms with Crippen molar-refractivity contribution in [2.45, 2.75) is 32.4 Å². The number of benzene rings is 1. The molecule has 2 fully saturated rings. The molecule has 7 rings (SSSR count). The number of ether oxygens (including phenoxy) is 2. The van der Waals surface area contributed by atoms with E-state index in [1.807, 2.05) is 29.1 Å². The van der Waals surface area contributed by atoms with Crippen molar-refractivity contribution in [2.24, 2.45) is 11.3 Å². The van der Waals surface area contributed by atoms with Gasteiger partial charge in [0.2, 0.25) is 11.8 Å². The smallest absolute Gasteiger partial charge is 0.246 e. The number of fused-ring (bicyclic) bond motifs is 2. The van der Waals surface area contributed by atoms with Crippen LogP contribution in [-0.2, 0) is 20.9 Å². The van der Waals surface area contributed by atoms with Crippen LogP contribution in [0, 0.1) is 23.0 Å². The van der Waals surface area contributed by atoms with Crippen LogP contribution in [0.15, 0.2) is 42.3 Å². The van der Waals surface area contributed by atoms with Gasteiger partial charge in [-0.2, -0.15) is 5.10 Å². The van der Waals surface area contributed by atoms with Gasteiger partial charge in [-0.1, -0.05) is 6.58 Å². The molecule has 3 aliphatic rings. The molecule has 1 aliphatic carbocycles. The molecule has 4 aromatic rings. The minimum Gasteiger partial charge on any atom is -0.490 e. The van der Waals surface area contributed by atoms with Gasteiger partial charge >= 0.3 is 0 Å². The van der Waals surface area contributed by atoms with Crippen LogP contribution in [0.25, 0.3) is 32.6 Å². The van der Waals surface area contributed by atoms with E-state index in [9.17, 15) is 14.0 Å². The number of nitrogens with one attached hydrogen (secondary N) is 1. The van der Waals surface area contributed by atoms with Crippen molar-refractivity contribution < 1.29 is 27.8 Å². The van der Waals surface area contributed by atoms with Crippen molar-refractivity contribution in [3.8, 4) is 28.3 Å². The van der Waals surface area contributed by atoms with Crippen LogP contribution < -0.4 is 15.0 Å². The van der Waals surface area contributed by atoms with Crippen molar-refractivity contribution in [3.05, 3.63) is 59.6 Å². The molecular weight excluding hydrogens is 626 g/mol. The van der Waals surface area contributed by atoms with Gasteiger partial charge in [0.05, 0.1) is 30.5 Å². The number of amides is 2. The zero-order chi connectivity index (χ0) is 33.0. The molecule has 1 atom stereocenters. The second-order valence-corrected chi connectivity index (χ2v) is 13.5. The maximum Gasteiger partial charge on any atom is 0.246 e. The Labute approximate surface area is 275 Å². The highest BCUT2D eigenvalue weighted by Gasteiger charge is 2.55. The lowest BCUT2D eigenvalue weighted by atomic mass is 9.57. The summed E-state index contributed by atoms with van der Waals surface area (Å²) < 4.78 is 44.3. The lowest BCUT2D eigenvalue weighted by Crippen LogP contribution is -2.64. The summed E-state index contributed by atoms with van der Waals surface area (Å²) in [5.74, 6) is -0.801. The largest absolute Gasteiger partial charge is 0.490 e. The van der Waals surface area contributed by atoms with Crippen molar-refractivity contribution >= 4 is 39.1 Å². The fourth-order valence-electron chi connectivity index (χ4n) is 7.39. The van der Waals surface area contributed by atoms with Crippen molar-refractivity contribution in [1.29, 1.82) is 0 Å². The molecule has 13 heteroatoms. The number of carbonyl (C=O) groups is 2. The number of rotatable bonds is 9. The zero-order valence-corrected chi connectivity index (χ0v) is 27.3. The molecule has 0 radical (unpaired) electrons. The highest BCUT2D eigenvalue weighted by atomic mass is 32.1. The minimum absolute atomic E-state index is 0.0265. The molecular formula is C34H36F2N6O4S. The molecule has 1 N–H and O–H groups in total. The number of hydrogen-bond acceptors (Lipinski definition) is 8. The first-order valence-corrected chi connectivity index (χ1v) is 16.5. The number of anilines is 1. The van der Waals surface area contributed by atoms with Crippen LogP contribution in [0.5, 0.6) is 5.75 Å². The van der Waals surface area contributed by atoms with Gasteiger partial charge in [-0.15, -0.1) is 11.3 Å². The van der Waals surface area contributed by atoms with Gasteiger partial charge in [-0.25, -0.2) is 13.8 Å². The number of methoxy groups -OCH3 is 1. The van der Waals surface area contributed by atoms with Crippen LogP contribution in [0.4, 0.5) is 14.6 Å². The fourth-order valence-corrected chi connectivity index (χ4v) is 8.33. The molecule has 3 aromatic heterocycles. The number of carbonyl (C=O) groups excluding carboxylic acids is 2. The Balaban J connectivity index is 1.37. The summed E-state index contributed by atoms with van der Waals surface area (Å²) >= 11 is 1.44. The first-order chi connectivity index (χ1) is 22.7. The molecule has 0 unspecified atom stereocenters. The Morgan fingerprint density at radius 2 is 1.96 bits per heavy atom. The van der Waals surface area contributed by atoms with E-state index in [-0.39, 0.29) is 53.7 Å². The van der Waals surface area contributed by atoms with Crippen LogP contribution in [0.2, 0.25) is 0 Å². The third-order valence-corrected chi connectivity index (χ3v) is 10.6. The molecule has 1 spiro atoms. The fraction of sp³-hybridized carbons (Fsp3) is 0.412. The number of hydrogen-bond donors (Lipinski definition) is 1. The molecule has 2 aliphatic heterocycles. The summed E-state index contributed by atoms with van der Waals surface area (Å²) in [6.45, 7) is 8.35. The summed E-state index contributed by atoms with van der Waals surface area (Å²) in [4.78, 5) is 33.9. The lowest BCUT2D eigenvalue weighted by Gasteiger charge is -2.59. The molecule has 47 heavy (non-hydrogen) atoms. The Morgan fingerprint density at radius 3 is 2.68 bits per heavy atom. The molecule has 1 aromatic carbocycles. The van der Waals surface area contributed by atoms with Crippen LogP contribution >= 0.6 is 11.3 Å². The van der Waals surface area contributed by atoms with E-state index >= 15 is 4.39 Å². The molecule has 1 saturated heterocycles. The third kappa shape index (κ3) is 5.25. The molecule has 246 valence electrons. The quantitative estimate of drug-likeness (QED) is 0.195. The van der Waals surface area contributed by atoms with E-state index in [1.165, 1.54) is 30.6 Å². The Bertz CT molecular complexity index is 1890. The van der Waals surface area contributed by atoms with E-state index in [4.69, 9.17) is 19.6 Å². The standard InChI is InChI=1S/C34H36F2N6O4S/c1-5-27(43)41-7-8-42-25(19(41)2)14-24(39-42)30-29(28-23(36)12-21(35)13-26(28)46-10-9-45-4)31-22(6-11-47-31)32(38-30)40-17-34(18-40)15-20(16-34)33(44)37-3/h5-6,11-14,19-20H,1,7-10,15-18H2,2-4H3,(H,37,44)/t19-/m1/s1. The molecule has 5 heterocycles. The normalized spacial score (nSPS) is 18.5. The Morgan fingerprint density at radius 1 is 1.17 bits per heavy atom. The first kappa shape index (κ1) is 31.3. The van der Waals surface area contributed by atoms with Crippen LogP contribution in [0.3, 0.4) is 0 Å². The number of halogens is 2. The van der Waals surface area contributed by atoms with E-state index in [0.29, 0.717) is 30.0 Å². The van der Waals surface area contributed by atoms with Gasteiger partial charge in [0, 0.05) is 72.9 Å². The Hall–Kier alpha value is -4.36. The Kier molecular flexibility index (Phi) is 7.99. The van der Waals surface area contributed by atoms with Crippen LogP contribution in [0.1, 0.15) is 31.5 Å². The zero-order valence-electron chi connectivity index (χ0n) is 26.5. The van der Waals surface area contributed by atoms with Gasteiger partial charge < -0.3 is 24.6 Å². The molecule has 1 saturated carbocycles. The first-order valence-electron chi connectivity index (χ1n) is 15.7. The predicted octanol–water partition coefficient (Wildman–Crippen LogP) is 5.18. The van der Waals surface area contributed by atoms with Gasteiger partial charge in [-0.05, 0) is 43.4 Å². The SMILES string of the molecule is C=CC(=O)N1CCn2nc(-c3nc(N4CC5(CC(C(=O)NC)C5)C4)c4ccsc4c3-c3c(F)cc(F)cc3OCCOC)cc2[C@H]1C. The van der Waals surface area contributed by atoms with E-state index < -0.39 is 11.6 Å². The maximum atomic E-state index is 16.0. The van der Waals surface area contributed by atoms with Gasteiger partial charge in [0.15, 0.2) is 0 Å².